The van der Waals surface area contributed by atoms with Crippen molar-refractivity contribution in [2.75, 3.05) is 26.7 Å². The molecule has 2 rings (SSSR count). The second-order valence-corrected chi connectivity index (χ2v) is 7.85. The van der Waals surface area contributed by atoms with Crippen LogP contribution in [0, 0.1) is 6.92 Å². The molecule has 108 valence electrons. The number of aliphatic hydroxyl groups is 1. The Bertz CT molecular complexity index is 553. The molecule has 0 bridgehead atoms. The molecule has 0 aliphatic carbocycles. The van der Waals surface area contributed by atoms with E-state index in [4.69, 9.17) is 0 Å². The molecule has 0 spiro atoms. The monoisotopic (exact) mass is 304 g/mol. The van der Waals surface area contributed by atoms with E-state index in [-0.39, 0.29) is 12.6 Å². The summed E-state index contributed by atoms with van der Waals surface area (Å²) < 4.78 is 27.1. The van der Waals surface area contributed by atoms with Crippen LogP contribution in [0.15, 0.2) is 10.3 Å². The molecule has 2 heterocycles. The molecule has 1 aromatic rings. The molecule has 1 aliphatic rings. The SMILES string of the molecule is Cc1csc(CO)c1S(=O)(=O)N1CCN(C)CC1C. The summed E-state index contributed by atoms with van der Waals surface area (Å²) in [7, 11) is -1.51. The second kappa shape index (κ2) is 5.49. The van der Waals surface area contributed by atoms with Crippen molar-refractivity contribution in [3.8, 4) is 0 Å². The van der Waals surface area contributed by atoms with Crippen LogP contribution < -0.4 is 0 Å². The van der Waals surface area contributed by atoms with Gasteiger partial charge in [-0.05, 0) is 31.8 Å². The Morgan fingerprint density at radius 1 is 1.47 bits per heavy atom. The van der Waals surface area contributed by atoms with E-state index in [1.165, 1.54) is 11.3 Å². The maximum absolute atomic E-state index is 12.8. The van der Waals surface area contributed by atoms with Gasteiger partial charge in [0.2, 0.25) is 10.0 Å². The number of piperazine rings is 1. The number of sulfonamides is 1. The molecule has 19 heavy (non-hydrogen) atoms. The summed E-state index contributed by atoms with van der Waals surface area (Å²) in [5, 5.41) is 11.1. The van der Waals surface area contributed by atoms with Crippen molar-refractivity contribution in [2.24, 2.45) is 0 Å². The Morgan fingerprint density at radius 2 is 2.16 bits per heavy atom. The number of hydrogen-bond donors (Lipinski definition) is 1. The third kappa shape index (κ3) is 2.71. The molecule has 0 aromatic carbocycles. The summed E-state index contributed by atoms with van der Waals surface area (Å²) in [5.41, 5.74) is 0.722. The minimum Gasteiger partial charge on any atom is -0.391 e. The van der Waals surface area contributed by atoms with E-state index in [1.807, 2.05) is 14.0 Å². The fourth-order valence-corrected chi connectivity index (χ4v) is 5.77. The van der Waals surface area contributed by atoms with Crippen molar-refractivity contribution in [3.05, 3.63) is 15.8 Å². The highest BCUT2D eigenvalue weighted by Crippen LogP contribution is 2.31. The Hall–Kier alpha value is -0.470. The Morgan fingerprint density at radius 3 is 2.74 bits per heavy atom. The van der Waals surface area contributed by atoms with Crippen molar-refractivity contribution in [2.45, 2.75) is 31.4 Å². The summed E-state index contributed by atoms with van der Waals surface area (Å²) in [6, 6.07) is -0.0467. The van der Waals surface area contributed by atoms with Crippen LogP contribution in [-0.4, -0.2) is 55.5 Å². The van der Waals surface area contributed by atoms with Gasteiger partial charge in [-0.15, -0.1) is 11.3 Å². The van der Waals surface area contributed by atoms with Crippen LogP contribution >= 0.6 is 11.3 Å². The van der Waals surface area contributed by atoms with Crippen LogP contribution in [0.5, 0.6) is 0 Å². The van der Waals surface area contributed by atoms with Gasteiger partial charge in [0.05, 0.1) is 11.5 Å². The van der Waals surface area contributed by atoms with E-state index in [9.17, 15) is 13.5 Å². The van der Waals surface area contributed by atoms with Gasteiger partial charge in [0.1, 0.15) is 4.90 Å². The minimum absolute atomic E-state index is 0.0467. The smallest absolute Gasteiger partial charge is 0.244 e. The number of aryl methyl sites for hydroxylation is 1. The number of aliphatic hydroxyl groups excluding tert-OH is 1. The first kappa shape index (κ1) is 14.9. The minimum atomic E-state index is -3.51. The maximum Gasteiger partial charge on any atom is 0.244 e. The van der Waals surface area contributed by atoms with Crippen LogP contribution in [-0.2, 0) is 16.6 Å². The van der Waals surface area contributed by atoms with E-state index in [0.717, 1.165) is 18.7 Å². The van der Waals surface area contributed by atoms with E-state index in [0.29, 0.717) is 16.3 Å². The van der Waals surface area contributed by atoms with Crippen LogP contribution in [0.3, 0.4) is 0 Å². The molecule has 1 N–H and O–H groups in total. The van der Waals surface area contributed by atoms with E-state index >= 15 is 0 Å². The predicted molar refractivity (Wildman–Crippen MR) is 75.8 cm³/mol. The largest absolute Gasteiger partial charge is 0.391 e. The van der Waals surface area contributed by atoms with Crippen LogP contribution in [0.2, 0.25) is 0 Å². The molecule has 1 aromatic heterocycles. The predicted octanol–water partition coefficient (Wildman–Crippen LogP) is 0.873. The molecule has 0 amide bonds. The normalized spacial score (nSPS) is 22.8. The zero-order valence-corrected chi connectivity index (χ0v) is 13.1. The summed E-state index contributed by atoms with van der Waals surface area (Å²) in [4.78, 5) is 2.96. The van der Waals surface area contributed by atoms with Crippen LogP contribution in [0.1, 0.15) is 17.4 Å². The standard InChI is InChI=1S/C12H20N2O3S2/c1-9-8-18-11(7-15)12(9)19(16,17)14-5-4-13(3)6-10(14)2/h8,10,15H,4-7H2,1-3H3. The molecular weight excluding hydrogens is 284 g/mol. The van der Waals surface area contributed by atoms with Gasteiger partial charge in [-0.25, -0.2) is 8.42 Å². The molecule has 1 unspecified atom stereocenters. The van der Waals surface area contributed by atoms with Gasteiger partial charge in [-0.3, -0.25) is 0 Å². The molecule has 1 fully saturated rings. The van der Waals surface area contributed by atoms with Crippen molar-refractivity contribution in [1.29, 1.82) is 0 Å². The quantitative estimate of drug-likeness (QED) is 0.900. The van der Waals surface area contributed by atoms with Crippen molar-refractivity contribution < 1.29 is 13.5 Å². The highest BCUT2D eigenvalue weighted by atomic mass is 32.2. The van der Waals surface area contributed by atoms with Gasteiger partial charge in [0, 0.05) is 25.7 Å². The Balaban J connectivity index is 2.39. The second-order valence-electron chi connectivity index (χ2n) is 5.06. The zero-order chi connectivity index (χ0) is 14.2. The highest BCUT2D eigenvalue weighted by molar-refractivity contribution is 7.89. The third-order valence-electron chi connectivity index (χ3n) is 3.47. The lowest BCUT2D eigenvalue weighted by molar-refractivity contribution is 0.170. The number of thiophene rings is 1. The van der Waals surface area contributed by atoms with Crippen LogP contribution in [0.4, 0.5) is 0 Å². The molecule has 0 radical (unpaired) electrons. The van der Waals surface area contributed by atoms with Gasteiger partial charge < -0.3 is 10.0 Å². The maximum atomic E-state index is 12.8. The lowest BCUT2D eigenvalue weighted by Gasteiger charge is -2.37. The van der Waals surface area contributed by atoms with E-state index < -0.39 is 10.0 Å². The fourth-order valence-electron chi connectivity index (χ4n) is 2.54. The highest BCUT2D eigenvalue weighted by Gasteiger charge is 2.35. The molecule has 1 saturated heterocycles. The van der Waals surface area contributed by atoms with E-state index in [1.54, 1.807) is 16.6 Å². The molecule has 1 aliphatic heterocycles. The topological polar surface area (TPSA) is 60.9 Å². The van der Waals surface area contributed by atoms with Gasteiger partial charge in [-0.1, -0.05) is 0 Å². The molecule has 5 nitrogen and oxygen atoms in total. The van der Waals surface area contributed by atoms with Crippen molar-refractivity contribution in [3.63, 3.8) is 0 Å². The van der Waals surface area contributed by atoms with Crippen LogP contribution in [0.25, 0.3) is 0 Å². The average Bonchev–Trinajstić information content (AvgIpc) is 2.70. The van der Waals surface area contributed by atoms with Gasteiger partial charge >= 0.3 is 0 Å². The number of nitrogens with zero attached hydrogens (tertiary/aromatic N) is 2. The first-order valence-electron chi connectivity index (χ1n) is 6.26. The molecule has 1 atom stereocenters. The Labute approximate surface area is 118 Å². The van der Waals surface area contributed by atoms with Gasteiger partial charge in [-0.2, -0.15) is 4.31 Å². The first-order valence-corrected chi connectivity index (χ1v) is 8.58. The number of rotatable bonds is 3. The fraction of sp³-hybridized carbons (Fsp3) is 0.667. The average molecular weight is 304 g/mol. The molecule has 0 saturated carbocycles. The third-order valence-corrected chi connectivity index (χ3v) is 6.93. The Kier molecular flexibility index (Phi) is 4.32. The van der Waals surface area contributed by atoms with E-state index in [2.05, 4.69) is 4.90 Å². The van der Waals surface area contributed by atoms with Crippen molar-refractivity contribution in [1.82, 2.24) is 9.21 Å². The summed E-state index contributed by atoms with van der Waals surface area (Å²) in [5.74, 6) is 0. The lowest BCUT2D eigenvalue weighted by Crippen LogP contribution is -2.52. The van der Waals surface area contributed by atoms with Gasteiger partial charge in [0.15, 0.2) is 0 Å². The number of likely N-dealkylation sites (N-methyl/N-ethyl adjacent to an activating group) is 1. The van der Waals surface area contributed by atoms with Crippen molar-refractivity contribution >= 4 is 21.4 Å². The number of hydrogen-bond acceptors (Lipinski definition) is 5. The summed E-state index contributed by atoms with van der Waals surface area (Å²) in [6.45, 7) is 5.45. The van der Waals surface area contributed by atoms with Gasteiger partial charge in [0.25, 0.3) is 0 Å². The molecule has 7 heteroatoms. The lowest BCUT2D eigenvalue weighted by atomic mass is 10.2. The first-order chi connectivity index (χ1) is 8.87. The summed E-state index contributed by atoms with van der Waals surface area (Å²) in [6.07, 6.45) is 0. The summed E-state index contributed by atoms with van der Waals surface area (Å²) >= 11 is 1.30. The molecular formula is C12H20N2O3S2. The zero-order valence-electron chi connectivity index (χ0n) is 11.5.